The Balaban J connectivity index is 1.83. The Morgan fingerprint density at radius 2 is 1.79 bits per heavy atom. The minimum atomic E-state index is -0.539. The lowest BCUT2D eigenvalue weighted by Gasteiger charge is -2.11. The second-order valence-electron chi connectivity index (χ2n) is 5.19. The van der Waals surface area contributed by atoms with E-state index in [1.54, 1.807) is 18.2 Å². The first-order valence-corrected chi connectivity index (χ1v) is 8.59. The minimum Gasteiger partial charge on any atom is -0.487 e. The van der Waals surface area contributed by atoms with Crippen molar-refractivity contribution in [2.24, 2.45) is 5.73 Å². The van der Waals surface area contributed by atoms with E-state index >= 15 is 0 Å². The van der Waals surface area contributed by atoms with Gasteiger partial charge in [-0.25, -0.2) is 4.98 Å². The summed E-state index contributed by atoms with van der Waals surface area (Å²) in [5.74, 6) is 0.147. The Morgan fingerprint density at radius 3 is 2.46 bits per heavy atom. The largest absolute Gasteiger partial charge is 0.487 e. The van der Waals surface area contributed by atoms with Gasteiger partial charge in [0.25, 0.3) is 5.91 Å². The summed E-state index contributed by atoms with van der Waals surface area (Å²) in [6.45, 7) is 0.384. The Bertz CT molecular complexity index is 921. The van der Waals surface area contributed by atoms with Gasteiger partial charge in [-0.15, -0.1) is 0 Å². The van der Waals surface area contributed by atoms with Crippen molar-refractivity contribution >= 4 is 54.4 Å². The van der Waals surface area contributed by atoms with Gasteiger partial charge in [0.1, 0.15) is 18.1 Å². The van der Waals surface area contributed by atoms with Crippen molar-refractivity contribution in [1.82, 2.24) is 4.98 Å². The molecule has 4 N–H and O–H groups in total. The molecule has 0 radical (unpaired) electrons. The summed E-state index contributed by atoms with van der Waals surface area (Å²) in [4.78, 5) is 15.4. The van der Waals surface area contributed by atoms with Crippen molar-refractivity contribution in [2.45, 2.75) is 6.61 Å². The molecule has 0 spiro atoms. The molecular weight excluding hydrogens is 438 g/mol. The van der Waals surface area contributed by atoms with E-state index in [0.717, 1.165) is 19.9 Å². The molecule has 1 aromatic heterocycles. The lowest BCUT2D eigenvalue weighted by Crippen LogP contribution is -2.12. The number of fused-ring (bicyclic) bond motifs is 1. The number of aromatic nitrogens is 1. The number of benzene rings is 2. The monoisotopic (exact) mass is 449 g/mol. The van der Waals surface area contributed by atoms with Gasteiger partial charge in [0.05, 0.1) is 14.5 Å². The number of halogens is 2. The Hall–Kier alpha value is -2.12. The maximum Gasteiger partial charge on any atom is 0.267 e. The van der Waals surface area contributed by atoms with Gasteiger partial charge < -0.3 is 16.2 Å². The minimum absolute atomic E-state index is 0.251. The highest BCUT2D eigenvalue weighted by molar-refractivity contribution is 9.11. The maximum absolute atomic E-state index is 11.2. The number of nitrogen functional groups attached to an aromatic ring is 1. The summed E-state index contributed by atoms with van der Waals surface area (Å²) in [6.07, 6.45) is 0. The first-order chi connectivity index (χ1) is 11.4. The lowest BCUT2D eigenvalue weighted by atomic mass is 10.1. The van der Waals surface area contributed by atoms with Crippen molar-refractivity contribution in [1.29, 1.82) is 0 Å². The van der Waals surface area contributed by atoms with Crippen molar-refractivity contribution in [3.05, 3.63) is 62.7 Å². The zero-order valence-electron chi connectivity index (χ0n) is 12.4. The SMILES string of the molecule is NC(=O)c1ccc2cc(COc3c(Br)cc(N)cc3Br)ccc2n1. The highest BCUT2D eigenvalue weighted by atomic mass is 79.9. The van der Waals surface area contributed by atoms with Crippen molar-refractivity contribution in [3.63, 3.8) is 0 Å². The van der Waals surface area contributed by atoms with Crippen LogP contribution in [-0.2, 0) is 6.61 Å². The highest BCUT2D eigenvalue weighted by Gasteiger charge is 2.09. The molecule has 0 aliphatic heterocycles. The zero-order chi connectivity index (χ0) is 17.3. The van der Waals surface area contributed by atoms with Crippen LogP contribution in [0.1, 0.15) is 16.1 Å². The van der Waals surface area contributed by atoms with Gasteiger partial charge in [-0.05, 0) is 67.8 Å². The molecule has 122 valence electrons. The zero-order valence-corrected chi connectivity index (χ0v) is 15.6. The number of carbonyl (C=O) groups excluding carboxylic acids is 1. The van der Waals surface area contributed by atoms with E-state index in [0.29, 0.717) is 23.6 Å². The van der Waals surface area contributed by atoms with Crippen molar-refractivity contribution in [3.8, 4) is 5.75 Å². The second-order valence-corrected chi connectivity index (χ2v) is 6.90. The molecule has 5 nitrogen and oxygen atoms in total. The van der Waals surface area contributed by atoms with Crippen LogP contribution in [0.15, 0.2) is 51.4 Å². The van der Waals surface area contributed by atoms with Crippen LogP contribution in [0.3, 0.4) is 0 Å². The fourth-order valence-corrected chi connectivity index (χ4v) is 3.73. The molecule has 0 saturated heterocycles. The average molecular weight is 451 g/mol. The van der Waals surface area contributed by atoms with Crippen LogP contribution in [0.5, 0.6) is 5.75 Å². The first-order valence-electron chi connectivity index (χ1n) is 7.01. The molecule has 0 atom stereocenters. The molecule has 7 heteroatoms. The third-order valence-corrected chi connectivity index (χ3v) is 4.59. The smallest absolute Gasteiger partial charge is 0.267 e. The van der Waals surface area contributed by atoms with Gasteiger partial charge in [-0.2, -0.15) is 0 Å². The number of carbonyl (C=O) groups is 1. The maximum atomic E-state index is 11.2. The lowest BCUT2D eigenvalue weighted by molar-refractivity contribution is 0.0996. The molecule has 1 heterocycles. The summed E-state index contributed by atoms with van der Waals surface area (Å²) < 4.78 is 7.44. The predicted octanol–water partition coefficient (Wildman–Crippen LogP) is 4.02. The summed E-state index contributed by atoms with van der Waals surface area (Å²) in [5.41, 5.74) is 13.6. The standard InChI is InChI=1S/C17H13Br2N3O2/c18-12-6-11(20)7-13(19)16(12)24-8-9-1-3-14-10(5-9)2-4-15(22-14)17(21)23/h1-7H,8,20H2,(H2,21,23). The normalized spacial score (nSPS) is 10.8. The number of nitrogens with zero attached hydrogens (tertiary/aromatic N) is 1. The summed E-state index contributed by atoms with van der Waals surface area (Å²) >= 11 is 6.89. The molecule has 0 fully saturated rings. The number of amides is 1. The van der Waals surface area contributed by atoms with Gasteiger partial charge in [0.15, 0.2) is 0 Å². The number of nitrogens with two attached hydrogens (primary N) is 2. The van der Waals surface area contributed by atoms with Crippen molar-refractivity contribution in [2.75, 3.05) is 5.73 Å². The van der Waals surface area contributed by atoms with Crippen LogP contribution in [0, 0.1) is 0 Å². The molecule has 0 aliphatic carbocycles. The first kappa shape index (κ1) is 16.7. The topological polar surface area (TPSA) is 91.2 Å². The number of anilines is 1. The Labute approximate surface area is 155 Å². The van der Waals surface area contributed by atoms with Gasteiger partial charge in [0.2, 0.25) is 0 Å². The van der Waals surface area contributed by atoms with Gasteiger partial charge in [-0.1, -0.05) is 12.1 Å². The fourth-order valence-electron chi connectivity index (χ4n) is 2.27. The second kappa shape index (κ2) is 6.78. The molecular formula is C17H13Br2N3O2. The number of hydrogen-bond acceptors (Lipinski definition) is 4. The third kappa shape index (κ3) is 3.52. The van der Waals surface area contributed by atoms with E-state index in [9.17, 15) is 4.79 Å². The number of rotatable bonds is 4. The van der Waals surface area contributed by atoms with Crippen LogP contribution in [0.4, 0.5) is 5.69 Å². The predicted molar refractivity (Wildman–Crippen MR) is 101 cm³/mol. The van der Waals surface area contributed by atoms with Crippen LogP contribution >= 0.6 is 31.9 Å². The molecule has 24 heavy (non-hydrogen) atoms. The van der Waals surface area contributed by atoms with E-state index in [1.807, 2.05) is 24.3 Å². The molecule has 0 unspecified atom stereocenters. The van der Waals surface area contributed by atoms with Crippen LogP contribution in [0.25, 0.3) is 10.9 Å². The molecule has 0 bridgehead atoms. The Morgan fingerprint density at radius 1 is 1.08 bits per heavy atom. The molecule has 1 amide bonds. The van der Waals surface area contributed by atoms with Crippen LogP contribution in [-0.4, -0.2) is 10.9 Å². The summed E-state index contributed by atoms with van der Waals surface area (Å²) in [5, 5.41) is 0.913. The van der Waals surface area contributed by atoms with Gasteiger partial charge in [-0.3, -0.25) is 4.79 Å². The van der Waals surface area contributed by atoms with Gasteiger partial charge >= 0.3 is 0 Å². The fraction of sp³-hybridized carbons (Fsp3) is 0.0588. The molecule has 3 aromatic rings. The van der Waals surface area contributed by atoms with E-state index in [-0.39, 0.29) is 5.69 Å². The average Bonchev–Trinajstić information content (AvgIpc) is 2.53. The van der Waals surface area contributed by atoms with E-state index < -0.39 is 5.91 Å². The van der Waals surface area contributed by atoms with E-state index in [4.69, 9.17) is 16.2 Å². The Kier molecular flexibility index (Phi) is 4.73. The number of pyridine rings is 1. The molecule has 0 saturated carbocycles. The summed E-state index contributed by atoms with van der Waals surface area (Å²) in [7, 11) is 0. The molecule has 3 rings (SSSR count). The quantitative estimate of drug-likeness (QED) is 0.587. The van der Waals surface area contributed by atoms with Crippen LogP contribution < -0.4 is 16.2 Å². The number of hydrogen-bond donors (Lipinski definition) is 2. The number of primary amides is 1. The summed E-state index contributed by atoms with van der Waals surface area (Å²) in [6, 6.07) is 12.7. The molecule has 2 aromatic carbocycles. The van der Waals surface area contributed by atoms with Gasteiger partial charge in [0, 0.05) is 11.1 Å². The van der Waals surface area contributed by atoms with Crippen LogP contribution in [0.2, 0.25) is 0 Å². The van der Waals surface area contributed by atoms with E-state index in [1.165, 1.54) is 0 Å². The van der Waals surface area contributed by atoms with Crippen molar-refractivity contribution < 1.29 is 9.53 Å². The highest BCUT2D eigenvalue weighted by Crippen LogP contribution is 2.36. The van der Waals surface area contributed by atoms with E-state index in [2.05, 4.69) is 36.8 Å². The third-order valence-electron chi connectivity index (χ3n) is 3.41. The molecule has 0 aliphatic rings. The number of ether oxygens (including phenoxy) is 1.